The number of likely N-dealkylation sites (tertiary alicyclic amines) is 1. The molecule has 0 spiro atoms. The second kappa shape index (κ2) is 12.1. The van der Waals surface area contributed by atoms with Crippen molar-refractivity contribution in [1.82, 2.24) is 14.9 Å². The maximum atomic E-state index is 15.2. The van der Waals surface area contributed by atoms with E-state index in [-0.39, 0.29) is 15.6 Å². The van der Waals surface area contributed by atoms with Gasteiger partial charge in [0.05, 0.1) is 16.2 Å². The topological polar surface area (TPSA) is 87.2 Å². The highest BCUT2D eigenvalue weighted by Crippen LogP contribution is 2.32. The summed E-state index contributed by atoms with van der Waals surface area (Å²) in [5.74, 6) is -0.0349. The Bertz CT molecular complexity index is 1700. The molecule has 0 radical (unpaired) electrons. The molecule has 6 rings (SSSR count). The molecule has 1 aliphatic heterocycles. The van der Waals surface area contributed by atoms with Crippen molar-refractivity contribution in [3.8, 4) is 11.1 Å². The quantitative estimate of drug-likeness (QED) is 0.219. The summed E-state index contributed by atoms with van der Waals surface area (Å²) in [5, 5.41) is 4.51. The first-order valence-corrected chi connectivity index (χ1v) is 16.5. The number of hydrogen-bond acceptors (Lipinski definition) is 6. The Morgan fingerprint density at radius 3 is 2.48 bits per heavy atom. The number of nitrogens with zero attached hydrogens (tertiary/aromatic N) is 3. The number of hydrogen-bond donors (Lipinski definition) is 2. The summed E-state index contributed by atoms with van der Waals surface area (Å²) in [6, 6.07) is 15.6. The number of nitrogens with one attached hydrogen (secondary N) is 2. The molecular weight excluding hydrogens is 573 g/mol. The molecule has 2 aliphatic rings. The van der Waals surface area contributed by atoms with Crippen LogP contribution in [-0.2, 0) is 16.4 Å². The molecule has 220 valence electrons. The van der Waals surface area contributed by atoms with E-state index in [1.54, 1.807) is 18.2 Å². The van der Waals surface area contributed by atoms with Gasteiger partial charge >= 0.3 is 0 Å². The fourth-order valence-electron chi connectivity index (χ4n) is 6.24. The molecule has 0 unspecified atom stereocenters. The first-order valence-electron chi connectivity index (χ1n) is 14.7. The highest BCUT2D eigenvalue weighted by Gasteiger charge is 2.28. The van der Waals surface area contributed by atoms with E-state index in [9.17, 15) is 8.42 Å². The van der Waals surface area contributed by atoms with Crippen LogP contribution in [0.5, 0.6) is 0 Å². The van der Waals surface area contributed by atoms with Crippen molar-refractivity contribution in [2.75, 3.05) is 23.1 Å². The van der Waals surface area contributed by atoms with Gasteiger partial charge in [0.2, 0.25) is 5.95 Å². The number of aromatic nitrogens is 2. The van der Waals surface area contributed by atoms with E-state index < -0.39 is 15.8 Å². The standard InChI is InChI=1S/C32H35ClFN5O2S/c1-2-21-17-23(22-9-14-29(28(34)19-22)38-42(40,41)30-8-4-3-7-27(30)33)18-24-20-35-32(37-31(21)24)36-25-10-12-26(13-11-25)39-15-5-6-16-39/h3-4,7-9,14,17-20,25-26,38H,2,5-6,10-13,15-16H2,1H3,(H,35,36,37). The zero-order valence-corrected chi connectivity index (χ0v) is 25.2. The van der Waals surface area contributed by atoms with Gasteiger partial charge in [0.15, 0.2) is 0 Å². The molecule has 1 saturated carbocycles. The van der Waals surface area contributed by atoms with E-state index in [0.29, 0.717) is 17.6 Å². The molecule has 4 aromatic rings. The summed E-state index contributed by atoms with van der Waals surface area (Å²) in [7, 11) is -4.05. The normalized spacial score (nSPS) is 19.7. The number of benzene rings is 3. The summed E-state index contributed by atoms with van der Waals surface area (Å²) in [5.41, 5.74) is 3.21. The molecule has 1 saturated heterocycles. The van der Waals surface area contributed by atoms with Crippen LogP contribution in [0.25, 0.3) is 22.0 Å². The van der Waals surface area contributed by atoms with E-state index in [4.69, 9.17) is 16.6 Å². The van der Waals surface area contributed by atoms with Gasteiger partial charge in [0.1, 0.15) is 10.7 Å². The molecule has 1 aromatic heterocycles. The Balaban J connectivity index is 1.19. The molecule has 1 aliphatic carbocycles. The van der Waals surface area contributed by atoms with E-state index in [1.807, 2.05) is 18.3 Å². The molecule has 42 heavy (non-hydrogen) atoms. The number of rotatable bonds is 8. The Kier molecular flexibility index (Phi) is 8.34. The zero-order valence-electron chi connectivity index (χ0n) is 23.6. The van der Waals surface area contributed by atoms with Gasteiger partial charge in [-0.3, -0.25) is 4.72 Å². The van der Waals surface area contributed by atoms with Crippen molar-refractivity contribution in [3.05, 3.63) is 77.2 Å². The molecule has 0 amide bonds. The van der Waals surface area contributed by atoms with Gasteiger partial charge in [-0.25, -0.2) is 22.8 Å². The molecule has 10 heteroatoms. The number of fused-ring (bicyclic) bond motifs is 1. The first-order chi connectivity index (χ1) is 20.3. The molecule has 3 aromatic carbocycles. The zero-order chi connectivity index (χ0) is 29.3. The van der Waals surface area contributed by atoms with Gasteiger partial charge in [-0.15, -0.1) is 0 Å². The minimum absolute atomic E-state index is 0.0655. The van der Waals surface area contributed by atoms with Crippen molar-refractivity contribution in [2.24, 2.45) is 0 Å². The van der Waals surface area contributed by atoms with Crippen LogP contribution in [0.1, 0.15) is 51.0 Å². The van der Waals surface area contributed by atoms with Crippen molar-refractivity contribution in [3.63, 3.8) is 0 Å². The average Bonchev–Trinajstić information content (AvgIpc) is 3.53. The van der Waals surface area contributed by atoms with E-state index in [2.05, 4.69) is 26.8 Å². The predicted molar refractivity (Wildman–Crippen MR) is 167 cm³/mol. The van der Waals surface area contributed by atoms with Gasteiger partial charge in [-0.2, -0.15) is 0 Å². The minimum atomic E-state index is -4.05. The van der Waals surface area contributed by atoms with Gasteiger partial charge in [-0.05, 0) is 111 Å². The largest absolute Gasteiger partial charge is 0.351 e. The number of halogens is 2. The van der Waals surface area contributed by atoms with Crippen LogP contribution >= 0.6 is 11.6 Å². The maximum absolute atomic E-state index is 15.2. The lowest BCUT2D eigenvalue weighted by Crippen LogP contribution is -2.39. The summed E-state index contributed by atoms with van der Waals surface area (Å²) in [6.45, 7) is 4.57. The van der Waals surface area contributed by atoms with Crippen LogP contribution in [0.15, 0.2) is 65.7 Å². The van der Waals surface area contributed by atoms with Crippen molar-refractivity contribution in [2.45, 2.75) is 68.8 Å². The van der Waals surface area contributed by atoms with Crippen molar-refractivity contribution >= 4 is 44.2 Å². The number of aryl methyl sites for hydroxylation is 1. The summed E-state index contributed by atoms with van der Waals surface area (Å²) < 4.78 is 43.1. The van der Waals surface area contributed by atoms with Gasteiger partial charge < -0.3 is 10.2 Å². The van der Waals surface area contributed by atoms with Crippen LogP contribution in [0.4, 0.5) is 16.0 Å². The monoisotopic (exact) mass is 607 g/mol. The van der Waals surface area contributed by atoms with Gasteiger partial charge in [0, 0.05) is 23.7 Å². The van der Waals surface area contributed by atoms with Crippen LogP contribution < -0.4 is 10.0 Å². The second-order valence-electron chi connectivity index (χ2n) is 11.2. The molecular formula is C32H35ClFN5O2S. The summed E-state index contributed by atoms with van der Waals surface area (Å²) in [4.78, 5) is 12.1. The lowest BCUT2D eigenvalue weighted by atomic mass is 9.90. The summed E-state index contributed by atoms with van der Waals surface area (Å²) in [6.07, 6.45) is 9.91. The molecule has 0 bridgehead atoms. The Labute approximate surface area is 251 Å². The van der Waals surface area contributed by atoms with Crippen molar-refractivity contribution in [1.29, 1.82) is 0 Å². The van der Waals surface area contributed by atoms with Gasteiger partial charge in [-0.1, -0.05) is 36.7 Å². The predicted octanol–water partition coefficient (Wildman–Crippen LogP) is 7.27. The molecule has 2 N–H and O–H groups in total. The summed E-state index contributed by atoms with van der Waals surface area (Å²) >= 11 is 6.05. The highest BCUT2D eigenvalue weighted by molar-refractivity contribution is 7.92. The first kappa shape index (κ1) is 28.8. The third kappa shape index (κ3) is 6.09. The van der Waals surface area contributed by atoms with E-state index >= 15 is 4.39 Å². The van der Waals surface area contributed by atoms with Crippen LogP contribution in [0, 0.1) is 5.82 Å². The molecule has 0 atom stereocenters. The van der Waals surface area contributed by atoms with E-state index in [0.717, 1.165) is 47.3 Å². The third-order valence-corrected chi connectivity index (χ3v) is 10.4. The molecule has 2 fully saturated rings. The SMILES string of the molecule is CCc1cc(-c2ccc(NS(=O)(=O)c3ccccc3Cl)c(F)c2)cc2cnc(NC3CCC(N4CCCC4)CC3)nc12. The third-order valence-electron chi connectivity index (χ3n) is 8.50. The molecule has 7 nitrogen and oxygen atoms in total. The lowest BCUT2D eigenvalue weighted by Gasteiger charge is -2.34. The highest BCUT2D eigenvalue weighted by atomic mass is 35.5. The lowest BCUT2D eigenvalue weighted by molar-refractivity contribution is 0.186. The van der Waals surface area contributed by atoms with Crippen molar-refractivity contribution < 1.29 is 12.8 Å². The fourth-order valence-corrected chi connectivity index (χ4v) is 7.83. The van der Waals surface area contributed by atoms with Crippen LogP contribution in [0.3, 0.4) is 0 Å². The Morgan fingerprint density at radius 1 is 1.00 bits per heavy atom. The number of sulfonamides is 1. The maximum Gasteiger partial charge on any atom is 0.263 e. The molecule has 2 heterocycles. The Morgan fingerprint density at radius 2 is 1.76 bits per heavy atom. The minimum Gasteiger partial charge on any atom is -0.351 e. The second-order valence-corrected chi connectivity index (χ2v) is 13.3. The van der Waals surface area contributed by atoms with Crippen LogP contribution in [-0.4, -0.2) is 48.5 Å². The smallest absolute Gasteiger partial charge is 0.263 e. The average molecular weight is 608 g/mol. The fraction of sp³-hybridized carbons (Fsp3) is 0.375. The van der Waals surface area contributed by atoms with Gasteiger partial charge in [0.25, 0.3) is 10.0 Å². The van der Waals surface area contributed by atoms with E-state index in [1.165, 1.54) is 63.0 Å². The Hall–Kier alpha value is -3.27. The number of anilines is 2. The van der Waals surface area contributed by atoms with Crippen LogP contribution in [0.2, 0.25) is 5.02 Å².